The molecule has 0 atom stereocenters. The van der Waals surface area contributed by atoms with Gasteiger partial charge in [-0.05, 0) is 24.3 Å². The van der Waals surface area contributed by atoms with Crippen LogP contribution >= 0.6 is 23.2 Å². The number of esters is 2. The number of carbonyl (C=O) groups excluding carboxylic acids is 2. The second-order valence-electron chi connectivity index (χ2n) is 6.25. The van der Waals surface area contributed by atoms with E-state index in [1.807, 2.05) is 0 Å². The predicted molar refractivity (Wildman–Crippen MR) is 112 cm³/mol. The molecule has 0 amide bonds. The van der Waals surface area contributed by atoms with Gasteiger partial charge in [0, 0.05) is 11.1 Å². The molecule has 0 aliphatic heterocycles. The third-order valence-corrected chi connectivity index (χ3v) is 5.39. The first-order valence-electron chi connectivity index (χ1n) is 8.61. The van der Waals surface area contributed by atoms with Crippen LogP contribution in [0.1, 0.15) is 20.8 Å². The Labute approximate surface area is 179 Å². The lowest BCUT2D eigenvalue weighted by Crippen LogP contribution is -2.15. The number of nitrogens with zero attached hydrogens (tertiary/aromatic N) is 1. The van der Waals surface area contributed by atoms with Gasteiger partial charge in [-0.15, -0.1) is 0 Å². The van der Waals surface area contributed by atoms with Crippen LogP contribution in [-0.4, -0.2) is 30.7 Å². The summed E-state index contributed by atoms with van der Waals surface area (Å²) in [6, 6.07) is 11.4. The summed E-state index contributed by atoms with van der Waals surface area (Å²) >= 11 is 12.2. The molecule has 7 nitrogen and oxygen atoms in total. The molecule has 4 rings (SSSR count). The summed E-state index contributed by atoms with van der Waals surface area (Å²) < 4.78 is 16.7. The number of ether oxygens (including phenoxy) is 2. The molecular weight excluding hydrogens is 433 g/mol. The predicted octanol–water partition coefficient (Wildman–Crippen LogP) is 4.62. The fourth-order valence-electron chi connectivity index (χ4n) is 3.37. The normalized spacial score (nSPS) is 11.1. The summed E-state index contributed by atoms with van der Waals surface area (Å²) in [6.07, 6.45) is 0. The molecule has 0 fully saturated rings. The molecule has 152 valence electrons. The molecule has 30 heavy (non-hydrogen) atoms. The fraction of sp³-hybridized carbons (Fsp3) is 0.0952. The van der Waals surface area contributed by atoms with Crippen LogP contribution in [0.5, 0.6) is 0 Å². The Bertz CT molecular complexity index is 1400. The molecule has 4 aromatic rings. The molecular formula is C21H13Cl2NO6. The Kier molecular flexibility index (Phi) is 5.01. The minimum Gasteiger partial charge on any atom is -0.465 e. The van der Waals surface area contributed by atoms with Crippen LogP contribution in [-0.2, 0) is 9.47 Å². The van der Waals surface area contributed by atoms with Crippen molar-refractivity contribution in [1.29, 1.82) is 0 Å². The van der Waals surface area contributed by atoms with Crippen LogP contribution in [0.4, 0.5) is 0 Å². The Morgan fingerprint density at radius 3 is 2.23 bits per heavy atom. The van der Waals surface area contributed by atoms with E-state index in [0.717, 1.165) is 7.11 Å². The molecule has 0 saturated carbocycles. The Morgan fingerprint density at radius 2 is 1.60 bits per heavy atom. The maximum atomic E-state index is 12.8. The number of benzene rings is 2. The summed E-state index contributed by atoms with van der Waals surface area (Å²) in [5, 5.41) is 1.28. The van der Waals surface area contributed by atoms with E-state index in [0.29, 0.717) is 21.6 Å². The van der Waals surface area contributed by atoms with Crippen molar-refractivity contribution in [1.82, 2.24) is 4.57 Å². The third kappa shape index (κ3) is 2.94. The molecule has 0 N–H and O–H groups in total. The molecule has 0 aliphatic rings. The zero-order chi connectivity index (χ0) is 21.6. The first kappa shape index (κ1) is 20.0. The Balaban J connectivity index is 2.32. The van der Waals surface area contributed by atoms with E-state index in [9.17, 15) is 14.4 Å². The van der Waals surface area contributed by atoms with Crippen LogP contribution in [0.3, 0.4) is 0 Å². The SMILES string of the molecule is COC(=O)c1c(C(=O)OC)n(-c2ccc(Cl)c(Cl)c2)c2c1oc(=O)c1ccccc12. The molecule has 0 radical (unpaired) electrons. The molecule has 0 spiro atoms. The summed E-state index contributed by atoms with van der Waals surface area (Å²) in [5.74, 6) is -1.69. The van der Waals surface area contributed by atoms with Crippen molar-refractivity contribution in [2.75, 3.05) is 14.2 Å². The quantitative estimate of drug-likeness (QED) is 0.427. The maximum Gasteiger partial charge on any atom is 0.356 e. The summed E-state index contributed by atoms with van der Waals surface area (Å²) in [6.45, 7) is 0. The first-order chi connectivity index (χ1) is 14.4. The average Bonchev–Trinajstić information content (AvgIpc) is 3.09. The number of carbonyl (C=O) groups is 2. The summed E-state index contributed by atoms with van der Waals surface area (Å²) in [4.78, 5) is 38.0. The number of rotatable bonds is 3. The standard InChI is InChI=1S/C21H13Cl2NO6/c1-28-20(26)15-17(21(27)29-2)24(10-7-8-13(22)14(23)9-10)16-11-5-3-4-6-12(11)19(25)30-18(15)16/h3-9H,1-2H3. The summed E-state index contributed by atoms with van der Waals surface area (Å²) in [5.41, 5.74) is -0.443. The van der Waals surface area contributed by atoms with Gasteiger partial charge in [0.05, 0.1) is 35.2 Å². The molecule has 2 aromatic carbocycles. The zero-order valence-corrected chi connectivity index (χ0v) is 17.2. The van der Waals surface area contributed by atoms with Gasteiger partial charge in [0.1, 0.15) is 5.56 Å². The minimum atomic E-state index is -0.863. The van der Waals surface area contributed by atoms with Crippen LogP contribution in [0.2, 0.25) is 10.0 Å². The van der Waals surface area contributed by atoms with Gasteiger partial charge in [-0.2, -0.15) is 0 Å². The molecule has 0 aliphatic carbocycles. The molecule has 0 unspecified atom stereocenters. The second-order valence-corrected chi connectivity index (χ2v) is 7.07. The van der Waals surface area contributed by atoms with Crippen molar-refractivity contribution in [2.45, 2.75) is 0 Å². The zero-order valence-electron chi connectivity index (χ0n) is 15.7. The Morgan fingerprint density at radius 1 is 0.933 bits per heavy atom. The van der Waals surface area contributed by atoms with Gasteiger partial charge in [-0.3, -0.25) is 4.57 Å². The van der Waals surface area contributed by atoms with Gasteiger partial charge in [0.2, 0.25) is 0 Å². The van der Waals surface area contributed by atoms with Crippen molar-refractivity contribution >= 4 is 57.0 Å². The third-order valence-electron chi connectivity index (χ3n) is 4.65. The van der Waals surface area contributed by atoms with Crippen molar-refractivity contribution in [2.24, 2.45) is 0 Å². The molecule has 2 heterocycles. The lowest BCUT2D eigenvalue weighted by Gasteiger charge is -2.12. The molecule has 9 heteroatoms. The van der Waals surface area contributed by atoms with E-state index in [1.165, 1.54) is 17.7 Å². The molecule has 2 aromatic heterocycles. The van der Waals surface area contributed by atoms with Crippen molar-refractivity contribution in [3.05, 3.63) is 74.2 Å². The van der Waals surface area contributed by atoms with Gasteiger partial charge >= 0.3 is 17.6 Å². The van der Waals surface area contributed by atoms with E-state index in [1.54, 1.807) is 36.4 Å². The number of methoxy groups -OCH3 is 2. The number of hydrogen-bond acceptors (Lipinski definition) is 6. The van der Waals surface area contributed by atoms with Gasteiger partial charge in [-0.25, -0.2) is 14.4 Å². The smallest absolute Gasteiger partial charge is 0.356 e. The highest BCUT2D eigenvalue weighted by Crippen LogP contribution is 2.36. The highest BCUT2D eigenvalue weighted by Gasteiger charge is 2.33. The molecule has 0 bridgehead atoms. The maximum absolute atomic E-state index is 12.8. The van der Waals surface area contributed by atoms with E-state index in [4.69, 9.17) is 37.1 Å². The van der Waals surface area contributed by atoms with Crippen molar-refractivity contribution in [3.8, 4) is 5.69 Å². The van der Waals surface area contributed by atoms with Gasteiger partial charge in [0.15, 0.2) is 11.3 Å². The van der Waals surface area contributed by atoms with Crippen LogP contribution in [0.25, 0.3) is 27.6 Å². The topological polar surface area (TPSA) is 87.7 Å². The highest BCUT2D eigenvalue weighted by molar-refractivity contribution is 6.42. The van der Waals surface area contributed by atoms with Crippen molar-refractivity contribution in [3.63, 3.8) is 0 Å². The number of halogens is 2. The summed E-state index contributed by atoms with van der Waals surface area (Å²) in [7, 11) is 2.33. The van der Waals surface area contributed by atoms with E-state index in [-0.39, 0.29) is 27.2 Å². The van der Waals surface area contributed by atoms with Crippen LogP contribution in [0, 0.1) is 0 Å². The largest absolute Gasteiger partial charge is 0.465 e. The van der Waals surface area contributed by atoms with Crippen LogP contribution in [0.15, 0.2) is 51.7 Å². The Hall–Kier alpha value is -3.29. The highest BCUT2D eigenvalue weighted by atomic mass is 35.5. The average molecular weight is 446 g/mol. The molecule has 0 saturated heterocycles. The first-order valence-corrected chi connectivity index (χ1v) is 9.37. The number of hydrogen-bond donors (Lipinski definition) is 0. The lowest BCUT2D eigenvalue weighted by atomic mass is 10.1. The second kappa shape index (κ2) is 7.51. The minimum absolute atomic E-state index is 0.1000. The van der Waals surface area contributed by atoms with Gasteiger partial charge < -0.3 is 13.9 Å². The number of aromatic nitrogens is 1. The van der Waals surface area contributed by atoms with Gasteiger partial charge in [-0.1, -0.05) is 41.4 Å². The fourth-order valence-corrected chi connectivity index (χ4v) is 3.66. The monoisotopic (exact) mass is 445 g/mol. The lowest BCUT2D eigenvalue weighted by molar-refractivity contribution is 0.0550. The van der Waals surface area contributed by atoms with Crippen molar-refractivity contribution < 1.29 is 23.5 Å². The van der Waals surface area contributed by atoms with Crippen LogP contribution < -0.4 is 5.63 Å². The van der Waals surface area contributed by atoms with E-state index < -0.39 is 17.6 Å². The van der Waals surface area contributed by atoms with Gasteiger partial charge in [0.25, 0.3) is 0 Å². The van der Waals surface area contributed by atoms with E-state index >= 15 is 0 Å². The van der Waals surface area contributed by atoms with E-state index in [2.05, 4.69) is 0 Å². The number of fused-ring (bicyclic) bond motifs is 3.